The van der Waals surface area contributed by atoms with Crippen molar-refractivity contribution in [1.82, 2.24) is 39.8 Å². The number of benzene rings is 2. The van der Waals surface area contributed by atoms with Crippen LogP contribution in [0.1, 0.15) is 48.4 Å². The van der Waals surface area contributed by atoms with Crippen LogP contribution in [0.3, 0.4) is 0 Å². The molecule has 8 rings (SSSR count). The standard InChI is InChI=1S/C40H46ClN9O4/c1-25-33(23-47(2)46-25)38-44-36-37(34(41)19-42-39(36)45-38)54-31-8-6-26(7-9-31)20-48-16-17-50(30(22-48)24-51)21-27-12-14-49(15-13-27)29-5-3-4-28(18-29)32-10-11-35(52)43-40(32)53/h3-9,18-19,23,27,30,32,51H,10-17,20-22,24H2,1-2H3,(H,42,44,45)(H,43,52,53)/t30-,32-/m1/s1. The van der Waals surface area contributed by atoms with E-state index in [0.717, 1.165) is 81.2 Å². The van der Waals surface area contributed by atoms with Crippen LogP contribution in [0.5, 0.6) is 11.5 Å². The van der Waals surface area contributed by atoms with Gasteiger partial charge in [0.05, 0.1) is 30.0 Å². The van der Waals surface area contributed by atoms with Gasteiger partial charge in [-0.05, 0) is 67.5 Å². The molecule has 3 fully saturated rings. The lowest BCUT2D eigenvalue weighted by Gasteiger charge is -2.43. The van der Waals surface area contributed by atoms with Crippen LogP contribution in [0.2, 0.25) is 5.02 Å². The number of aromatic nitrogens is 5. The fraction of sp³-hybridized carbons (Fsp3) is 0.425. The van der Waals surface area contributed by atoms with Crippen LogP contribution >= 0.6 is 11.6 Å². The minimum atomic E-state index is -0.272. The number of carbonyl (C=O) groups is 2. The third-order valence-electron chi connectivity index (χ3n) is 11.1. The second-order valence-electron chi connectivity index (χ2n) is 14.9. The van der Waals surface area contributed by atoms with Crippen LogP contribution < -0.4 is 15.0 Å². The van der Waals surface area contributed by atoms with E-state index in [1.807, 2.05) is 44.4 Å². The van der Waals surface area contributed by atoms with Crippen LogP contribution in [-0.4, -0.2) is 103 Å². The van der Waals surface area contributed by atoms with Gasteiger partial charge in [0.1, 0.15) is 22.1 Å². The Labute approximate surface area is 319 Å². The van der Waals surface area contributed by atoms with E-state index in [9.17, 15) is 14.7 Å². The molecule has 0 aliphatic carbocycles. The normalized spacial score (nSPS) is 20.5. The summed E-state index contributed by atoms with van der Waals surface area (Å²) in [5.41, 5.74) is 6.17. The quantitative estimate of drug-likeness (QED) is 0.166. The SMILES string of the molecule is Cc1nn(C)cc1-c1nc2ncc(Cl)c(Oc3ccc(CN4CCN(CC5CCN(c6cccc([C@H]7CCC(=O)NC7=O)c6)CC5)[C@@H](CO)C4)cc3)c2[nH]1. The molecule has 3 N–H and O–H groups in total. The summed E-state index contributed by atoms with van der Waals surface area (Å²) in [7, 11) is 1.88. The molecule has 2 amide bonds. The van der Waals surface area contributed by atoms with Crippen LogP contribution in [0.15, 0.2) is 60.9 Å². The van der Waals surface area contributed by atoms with E-state index in [0.29, 0.717) is 52.3 Å². The van der Waals surface area contributed by atoms with Gasteiger partial charge >= 0.3 is 0 Å². The molecule has 0 spiro atoms. The summed E-state index contributed by atoms with van der Waals surface area (Å²) in [6.45, 7) is 8.42. The van der Waals surface area contributed by atoms with Crippen molar-refractivity contribution in [2.75, 3.05) is 50.8 Å². The van der Waals surface area contributed by atoms with Gasteiger partial charge in [0.2, 0.25) is 11.8 Å². The van der Waals surface area contributed by atoms with Crippen LogP contribution in [-0.2, 0) is 23.2 Å². The Morgan fingerprint density at radius 1 is 1.04 bits per heavy atom. The summed E-state index contributed by atoms with van der Waals surface area (Å²) in [5, 5.41) is 17.7. The van der Waals surface area contributed by atoms with Crippen molar-refractivity contribution in [2.24, 2.45) is 13.0 Å². The van der Waals surface area contributed by atoms with Crippen LogP contribution in [0.25, 0.3) is 22.6 Å². The second kappa shape index (κ2) is 15.5. The van der Waals surface area contributed by atoms with E-state index < -0.39 is 0 Å². The van der Waals surface area contributed by atoms with Gasteiger partial charge in [-0.25, -0.2) is 9.97 Å². The van der Waals surface area contributed by atoms with Crippen molar-refractivity contribution in [3.05, 3.63) is 82.8 Å². The van der Waals surface area contributed by atoms with Gasteiger partial charge in [0.15, 0.2) is 11.4 Å². The molecule has 3 aliphatic heterocycles. The highest BCUT2D eigenvalue weighted by Crippen LogP contribution is 2.36. The van der Waals surface area contributed by atoms with Gasteiger partial charge < -0.3 is 19.7 Å². The minimum absolute atomic E-state index is 0.0931. The number of rotatable bonds is 10. The maximum atomic E-state index is 12.5. The zero-order valence-corrected chi connectivity index (χ0v) is 31.4. The van der Waals surface area contributed by atoms with Crippen molar-refractivity contribution in [3.63, 3.8) is 0 Å². The van der Waals surface area contributed by atoms with E-state index in [1.165, 1.54) is 5.56 Å². The number of nitrogens with one attached hydrogen (secondary N) is 2. The number of imide groups is 1. The van der Waals surface area contributed by atoms with Crippen molar-refractivity contribution >= 4 is 40.3 Å². The van der Waals surface area contributed by atoms with E-state index in [2.05, 4.69) is 64.3 Å². The summed E-state index contributed by atoms with van der Waals surface area (Å²) in [6.07, 6.45) is 6.57. The number of aryl methyl sites for hydroxylation is 2. The molecule has 6 heterocycles. The first-order valence-corrected chi connectivity index (χ1v) is 19.2. The number of ether oxygens (including phenoxy) is 1. The van der Waals surface area contributed by atoms with Gasteiger partial charge in [0, 0.05) is 77.2 Å². The topological polar surface area (TPSA) is 145 Å². The number of anilines is 1. The van der Waals surface area contributed by atoms with Gasteiger partial charge in [-0.15, -0.1) is 0 Å². The number of imidazole rings is 1. The molecule has 5 aromatic rings. The van der Waals surface area contributed by atoms with Crippen molar-refractivity contribution in [3.8, 4) is 22.9 Å². The number of pyridine rings is 1. The van der Waals surface area contributed by atoms with Crippen molar-refractivity contribution < 1.29 is 19.4 Å². The fourth-order valence-electron chi connectivity index (χ4n) is 8.18. The largest absolute Gasteiger partial charge is 0.453 e. The van der Waals surface area contributed by atoms with E-state index >= 15 is 0 Å². The van der Waals surface area contributed by atoms with Gasteiger partial charge in [-0.1, -0.05) is 35.9 Å². The Kier molecular flexibility index (Phi) is 10.4. The molecular weight excluding hydrogens is 706 g/mol. The predicted octanol–water partition coefficient (Wildman–Crippen LogP) is 5.03. The fourth-order valence-corrected chi connectivity index (χ4v) is 8.36. The number of hydrogen-bond acceptors (Lipinski definition) is 10. The zero-order chi connectivity index (χ0) is 37.3. The number of fused-ring (bicyclic) bond motifs is 1. The van der Waals surface area contributed by atoms with E-state index in [-0.39, 0.29) is 30.4 Å². The highest BCUT2D eigenvalue weighted by Gasteiger charge is 2.31. The highest BCUT2D eigenvalue weighted by molar-refractivity contribution is 6.32. The third-order valence-corrected chi connectivity index (χ3v) is 11.4. The predicted molar refractivity (Wildman–Crippen MR) is 207 cm³/mol. The smallest absolute Gasteiger partial charge is 0.234 e. The summed E-state index contributed by atoms with van der Waals surface area (Å²) in [5.74, 6) is 1.70. The Bertz CT molecular complexity index is 2140. The van der Waals surface area contributed by atoms with Gasteiger partial charge in [0.25, 0.3) is 0 Å². The molecule has 0 bridgehead atoms. The number of H-pyrrole nitrogens is 1. The number of aromatic amines is 1. The summed E-state index contributed by atoms with van der Waals surface area (Å²) >= 11 is 6.57. The molecule has 3 aliphatic rings. The van der Waals surface area contributed by atoms with E-state index in [4.69, 9.17) is 16.3 Å². The van der Waals surface area contributed by atoms with Crippen molar-refractivity contribution in [1.29, 1.82) is 0 Å². The lowest BCUT2D eigenvalue weighted by Crippen LogP contribution is -2.55. The molecule has 3 aromatic heterocycles. The number of carbonyl (C=O) groups excluding carboxylic acids is 2. The number of halogens is 1. The average Bonchev–Trinajstić information content (AvgIpc) is 3.76. The number of piperazine rings is 1. The summed E-state index contributed by atoms with van der Waals surface area (Å²) < 4.78 is 8.05. The first-order valence-electron chi connectivity index (χ1n) is 18.8. The molecular formula is C40H46ClN9O4. The Morgan fingerprint density at radius 2 is 1.85 bits per heavy atom. The van der Waals surface area contributed by atoms with Crippen LogP contribution in [0, 0.1) is 12.8 Å². The number of amides is 2. The first-order chi connectivity index (χ1) is 26.2. The molecule has 13 nitrogen and oxygen atoms in total. The molecule has 0 saturated carbocycles. The molecule has 2 aromatic carbocycles. The number of aliphatic hydroxyl groups excluding tert-OH is 1. The zero-order valence-electron chi connectivity index (χ0n) is 30.7. The molecule has 282 valence electrons. The number of hydrogen-bond donors (Lipinski definition) is 3. The molecule has 14 heteroatoms. The molecule has 0 unspecified atom stereocenters. The minimum Gasteiger partial charge on any atom is -0.453 e. The first kappa shape index (κ1) is 36.2. The number of piperidine rings is 2. The highest BCUT2D eigenvalue weighted by atomic mass is 35.5. The van der Waals surface area contributed by atoms with Gasteiger partial charge in [-0.2, -0.15) is 5.10 Å². The summed E-state index contributed by atoms with van der Waals surface area (Å²) in [4.78, 5) is 43.8. The Balaban J connectivity index is 0.835. The average molecular weight is 752 g/mol. The number of aliphatic hydroxyl groups is 1. The lowest BCUT2D eigenvalue weighted by atomic mass is 9.89. The number of nitrogens with zero attached hydrogens (tertiary/aromatic N) is 7. The third kappa shape index (κ3) is 7.72. The maximum absolute atomic E-state index is 12.5. The van der Waals surface area contributed by atoms with Gasteiger partial charge in [-0.3, -0.25) is 29.4 Å². The second-order valence-corrected chi connectivity index (χ2v) is 15.3. The monoisotopic (exact) mass is 751 g/mol. The van der Waals surface area contributed by atoms with Crippen LogP contribution in [0.4, 0.5) is 5.69 Å². The Hall–Kier alpha value is -4.82. The molecule has 54 heavy (non-hydrogen) atoms. The molecule has 2 atom stereocenters. The van der Waals surface area contributed by atoms with Crippen molar-refractivity contribution in [2.45, 2.75) is 51.1 Å². The van der Waals surface area contributed by atoms with E-state index in [1.54, 1.807) is 10.9 Å². The molecule has 0 radical (unpaired) electrons. The maximum Gasteiger partial charge on any atom is 0.234 e. The molecule has 3 saturated heterocycles. The Morgan fingerprint density at radius 3 is 2.59 bits per heavy atom. The summed E-state index contributed by atoms with van der Waals surface area (Å²) in [6, 6.07) is 16.4. The lowest BCUT2D eigenvalue weighted by molar-refractivity contribution is -0.134.